The van der Waals surface area contributed by atoms with Crippen LogP contribution < -0.4 is 0 Å². The van der Waals surface area contributed by atoms with Gasteiger partial charge in [-0.1, -0.05) is 30.3 Å². The van der Waals surface area contributed by atoms with Gasteiger partial charge in [0.05, 0.1) is 19.1 Å². The topological polar surface area (TPSA) is 53.3 Å². The smallest absolute Gasteiger partial charge is 0.222 e. The zero-order chi connectivity index (χ0) is 14.8. The SMILES string of the molecule is CC(CC#N)N(C)C(=O)CCCOCc1ccccc1. The van der Waals surface area contributed by atoms with E-state index in [2.05, 4.69) is 6.07 Å². The minimum absolute atomic E-state index is 0.0299. The van der Waals surface area contributed by atoms with Crippen LogP contribution in [0.4, 0.5) is 0 Å². The lowest BCUT2D eigenvalue weighted by Crippen LogP contribution is -2.34. The second kappa shape index (κ2) is 9.11. The van der Waals surface area contributed by atoms with Crippen LogP contribution in [0.15, 0.2) is 30.3 Å². The molecule has 0 fully saturated rings. The van der Waals surface area contributed by atoms with Crippen molar-refractivity contribution in [3.8, 4) is 6.07 Å². The van der Waals surface area contributed by atoms with E-state index in [1.54, 1.807) is 11.9 Å². The highest BCUT2D eigenvalue weighted by Crippen LogP contribution is 2.05. The molecular weight excluding hydrogens is 252 g/mol. The third-order valence-electron chi connectivity index (χ3n) is 3.23. The van der Waals surface area contributed by atoms with Crippen molar-refractivity contribution in [2.24, 2.45) is 0 Å². The van der Waals surface area contributed by atoms with Crippen molar-refractivity contribution in [3.05, 3.63) is 35.9 Å². The molecule has 20 heavy (non-hydrogen) atoms. The fraction of sp³-hybridized carbons (Fsp3) is 0.500. The van der Waals surface area contributed by atoms with Crippen LogP contribution in [-0.2, 0) is 16.1 Å². The van der Waals surface area contributed by atoms with Gasteiger partial charge in [0.1, 0.15) is 0 Å². The first kappa shape index (κ1) is 16.2. The molecule has 0 heterocycles. The predicted molar refractivity (Wildman–Crippen MR) is 77.8 cm³/mol. The lowest BCUT2D eigenvalue weighted by molar-refractivity contribution is -0.131. The molecule has 4 heteroatoms. The number of amides is 1. The highest BCUT2D eigenvalue weighted by atomic mass is 16.5. The Morgan fingerprint density at radius 1 is 1.40 bits per heavy atom. The van der Waals surface area contributed by atoms with Crippen molar-refractivity contribution < 1.29 is 9.53 Å². The number of nitriles is 1. The third kappa shape index (κ3) is 5.85. The molecule has 0 aliphatic heterocycles. The van der Waals surface area contributed by atoms with E-state index in [9.17, 15) is 4.79 Å². The molecule has 1 amide bonds. The molecule has 1 aromatic carbocycles. The molecule has 4 nitrogen and oxygen atoms in total. The van der Waals surface area contributed by atoms with Crippen LogP contribution in [0.1, 0.15) is 31.7 Å². The number of hydrogen-bond donors (Lipinski definition) is 0. The molecule has 1 unspecified atom stereocenters. The summed E-state index contributed by atoms with van der Waals surface area (Å²) >= 11 is 0. The van der Waals surface area contributed by atoms with Crippen molar-refractivity contribution >= 4 is 5.91 Å². The summed E-state index contributed by atoms with van der Waals surface area (Å²) in [5.41, 5.74) is 1.14. The maximum Gasteiger partial charge on any atom is 0.222 e. The van der Waals surface area contributed by atoms with Gasteiger partial charge in [-0.05, 0) is 18.9 Å². The Hall–Kier alpha value is -1.86. The van der Waals surface area contributed by atoms with Crippen molar-refractivity contribution in [2.45, 2.75) is 38.8 Å². The molecular formula is C16H22N2O2. The Morgan fingerprint density at radius 3 is 2.75 bits per heavy atom. The van der Waals surface area contributed by atoms with Gasteiger partial charge >= 0.3 is 0 Å². The molecule has 0 saturated carbocycles. The molecule has 0 N–H and O–H groups in total. The molecule has 1 atom stereocenters. The Kier molecular flexibility index (Phi) is 7.38. The monoisotopic (exact) mass is 274 g/mol. The van der Waals surface area contributed by atoms with Crippen LogP contribution >= 0.6 is 0 Å². The van der Waals surface area contributed by atoms with Crippen LogP contribution in [0.2, 0.25) is 0 Å². The summed E-state index contributed by atoms with van der Waals surface area (Å²) in [4.78, 5) is 13.5. The second-order valence-electron chi connectivity index (χ2n) is 4.86. The number of hydrogen-bond acceptors (Lipinski definition) is 3. The molecule has 0 aromatic heterocycles. The summed E-state index contributed by atoms with van der Waals surface area (Å²) in [6.07, 6.45) is 1.53. The Bertz CT molecular complexity index is 440. The molecule has 0 aliphatic rings. The molecule has 0 saturated heterocycles. The minimum Gasteiger partial charge on any atom is -0.377 e. The van der Waals surface area contributed by atoms with E-state index in [-0.39, 0.29) is 11.9 Å². The Balaban J connectivity index is 2.15. The first-order valence-corrected chi connectivity index (χ1v) is 6.89. The fourth-order valence-electron chi connectivity index (χ4n) is 1.78. The van der Waals surface area contributed by atoms with Gasteiger partial charge in [-0.2, -0.15) is 5.26 Å². The van der Waals surface area contributed by atoms with E-state index in [0.29, 0.717) is 32.5 Å². The standard InChI is InChI=1S/C16H22N2O2/c1-14(10-11-17)18(2)16(19)9-6-12-20-13-15-7-4-3-5-8-15/h3-5,7-8,14H,6,9-10,12-13H2,1-2H3. The van der Waals surface area contributed by atoms with E-state index < -0.39 is 0 Å². The zero-order valence-electron chi connectivity index (χ0n) is 12.2. The summed E-state index contributed by atoms with van der Waals surface area (Å²) in [5.74, 6) is 0.0658. The van der Waals surface area contributed by atoms with Gasteiger partial charge in [-0.15, -0.1) is 0 Å². The first-order valence-electron chi connectivity index (χ1n) is 6.89. The summed E-state index contributed by atoms with van der Waals surface area (Å²) in [7, 11) is 1.75. The van der Waals surface area contributed by atoms with Crippen LogP contribution in [0.3, 0.4) is 0 Å². The van der Waals surface area contributed by atoms with Crippen LogP contribution in [0.25, 0.3) is 0 Å². The summed E-state index contributed by atoms with van der Waals surface area (Å²) in [5, 5.41) is 8.61. The van der Waals surface area contributed by atoms with Gasteiger partial charge in [0, 0.05) is 26.1 Å². The second-order valence-corrected chi connectivity index (χ2v) is 4.86. The number of benzene rings is 1. The van der Waals surface area contributed by atoms with Crippen molar-refractivity contribution in [1.82, 2.24) is 4.90 Å². The highest BCUT2D eigenvalue weighted by molar-refractivity contribution is 5.76. The molecule has 0 bridgehead atoms. The number of carbonyl (C=O) groups excluding carboxylic acids is 1. The predicted octanol–water partition coefficient (Wildman–Crippen LogP) is 2.74. The van der Waals surface area contributed by atoms with Crippen molar-refractivity contribution in [3.63, 3.8) is 0 Å². The average Bonchev–Trinajstić information content (AvgIpc) is 2.47. The molecule has 1 rings (SSSR count). The number of rotatable bonds is 8. The quantitative estimate of drug-likeness (QED) is 0.685. The van der Waals surface area contributed by atoms with E-state index >= 15 is 0 Å². The van der Waals surface area contributed by atoms with Crippen molar-refractivity contribution in [1.29, 1.82) is 5.26 Å². The molecule has 0 aliphatic carbocycles. The normalized spacial score (nSPS) is 11.7. The van der Waals surface area contributed by atoms with E-state index in [4.69, 9.17) is 10.00 Å². The fourth-order valence-corrected chi connectivity index (χ4v) is 1.78. The number of carbonyl (C=O) groups is 1. The zero-order valence-corrected chi connectivity index (χ0v) is 12.2. The first-order chi connectivity index (χ1) is 9.65. The maximum atomic E-state index is 11.9. The summed E-state index contributed by atoms with van der Waals surface area (Å²) in [6.45, 7) is 3.03. The highest BCUT2D eigenvalue weighted by Gasteiger charge is 2.14. The molecule has 0 spiro atoms. The van der Waals surface area contributed by atoms with Crippen molar-refractivity contribution in [2.75, 3.05) is 13.7 Å². The molecule has 0 radical (unpaired) electrons. The number of ether oxygens (including phenoxy) is 1. The van der Waals surface area contributed by atoms with Crippen LogP contribution in [-0.4, -0.2) is 30.5 Å². The lowest BCUT2D eigenvalue weighted by Gasteiger charge is -2.22. The third-order valence-corrected chi connectivity index (χ3v) is 3.23. The largest absolute Gasteiger partial charge is 0.377 e. The Labute approximate surface area is 121 Å². The van der Waals surface area contributed by atoms with Gasteiger partial charge in [0.2, 0.25) is 5.91 Å². The average molecular weight is 274 g/mol. The van der Waals surface area contributed by atoms with Gasteiger partial charge in [0.15, 0.2) is 0 Å². The summed E-state index contributed by atoms with van der Waals surface area (Å²) < 4.78 is 5.53. The van der Waals surface area contributed by atoms with Crippen LogP contribution in [0, 0.1) is 11.3 Å². The minimum atomic E-state index is -0.0299. The van der Waals surface area contributed by atoms with Gasteiger partial charge in [-0.25, -0.2) is 0 Å². The van der Waals surface area contributed by atoms with Crippen LogP contribution in [0.5, 0.6) is 0 Å². The lowest BCUT2D eigenvalue weighted by atomic mass is 10.2. The van der Waals surface area contributed by atoms with Gasteiger partial charge in [0.25, 0.3) is 0 Å². The van der Waals surface area contributed by atoms with E-state index in [1.807, 2.05) is 37.3 Å². The summed E-state index contributed by atoms with van der Waals surface area (Å²) in [6, 6.07) is 12.0. The van der Waals surface area contributed by atoms with Gasteiger partial charge < -0.3 is 9.64 Å². The van der Waals surface area contributed by atoms with Gasteiger partial charge in [-0.3, -0.25) is 4.79 Å². The molecule has 108 valence electrons. The van der Waals surface area contributed by atoms with E-state index in [1.165, 1.54) is 0 Å². The maximum absolute atomic E-state index is 11.9. The number of nitrogens with zero attached hydrogens (tertiary/aromatic N) is 2. The Morgan fingerprint density at radius 2 is 2.10 bits per heavy atom. The molecule has 1 aromatic rings. The van der Waals surface area contributed by atoms with E-state index in [0.717, 1.165) is 5.56 Å².